The van der Waals surface area contributed by atoms with Gasteiger partial charge in [0.1, 0.15) is 17.9 Å². The number of piperidine rings is 1. The molecule has 210 valence electrons. The maximum atomic E-state index is 7.22. The molecular formula is C31H37ClN6O2. The molecule has 2 saturated heterocycles. The van der Waals surface area contributed by atoms with Crippen molar-refractivity contribution in [2.45, 2.75) is 77.0 Å². The lowest BCUT2D eigenvalue weighted by Gasteiger charge is -2.35. The Morgan fingerprint density at radius 2 is 1.90 bits per heavy atom. The number of H-pyrrole nitrogens is 1. The van der Waals surface area contributed by atoms with Crippen LogP contribution in [0, 0.1) is 6.92 Å². The normalized spacial score (nSPS) is 21.9. The minimum atomic E-state index is 0.160. The van der Waals surface area contributed by atoms with Gasteiger partial charge in [0.2, 0.25) is 0 Å². The largest absolute Gasteiger partial charge is 0.487 e. The van der Waals surface area contributed by atoms with Crippen LogP contribution in [0.3, 0.4) is 0 Å². The first-order valence-corrected chi connectivity index (χ1v) is 15.1. The lowest BCUT2D eigenvalue weighted by molar-refractivity contribution is 0.188. The molecule has 9 heteroatoms. The van der Waals surface area contributed by atoms with E-state index in [1.165, 1.54) is 12.8 Å². The molecule has 1 N–H and O–H groups in total. The second-order valence-electron chi connectivity index (χ2n) is 11.8. The molecule has 0 radical (unpaired) electrons. The number of aromatic amines is 1. The van der Waals surface area contributed by atoms with E-state index in [0.717, 1.165) is 95.3 Å². The highest BCUT2D eigenvalue weighted by Gasteiger charge is 2.32. The summed E-state index contributed by atoms with van der Waals surface area (Å²) in [6.45, 7) is 7.01. The number of nitrogens with one attached hydrogen (secondary N) is 1. The molecule has 0 spiro atoms. The Morgan fingerprint density at radius 3 is 2.67 bits per heavy atom. The van der Waals surface area contributed by atoms with Crippen LogP contribution >= 0.6 is 11.6 Å². The van der Waals surface area contributed by atoms with Gasteiger partial charge in [-0.25, -0.2) is 0 Å². The van der Waals surface area contributed by atoms with Crippen LogP contribution in [-0.4, -0.2) is 70.0 Å². The zero-order valence-corrected chi connectivity index (χ0v) is 24.3. The second-order valence-corrected chi connectivity index (χ2v) is 12.2. The van der Waals surface area contributed by atoms with E-state index in [4.69, 9.17) is 31.0 Å². The minimum Gasteiger partial charge on any atom is -0.487 e. The zero-order valence-electron chi connectivity index (χ0n) is 23.5. The third-order valence-electron chi connectivity index (χ3n) is 8.90. The monoisotopic (exact) mass is 560 g/mol. The molecule has 2 aliphatic heterocycles. The Labute approximate surface area is 240 Å². The van der Waals surface area contributed by atoms with Gasteiger partial charge in [0.05, 0.1) is 22.8 Å². The number of hydrogen-bond acceptors (Lipinski definition) is 7. The number of halogens is 1. The van der Waals surface area contributed by atoms with Crippen molar-refractivity contribution < 1.29 is 9.47 Å². The highest BCUT2D eigenvalue weighted by atomic mass is 35.5. The number of benzene rings is 2. The van der Waals surface area contributed by atoms with Gasteiger partial charge in [-0.2, -0.15) is 15.1 Å². The van der Waals surface area contributed by atoms with Gasteiger partial charge in [-0.15, -0.1) is 0 Å². The topological polar surface area (TPSA) is 79.4 Å². The van der Waals surface area contributed by atoms with E-state index in [1.54, 1.807) is 0 Å². The van der Waals surface area contributed by atoms with Crippen LogP contribution < -0.4 is 14.4 Å². The van der Waals surface area contributed by atoms with Crippen LogP contribution in [0.5, 0.6) is 11.8 Å². The molecule has 2 aromatic heterocycles. The molecule has 2 aromatic carbocycles. The number of ether oxygens (including phenoxy) is 2. The molecular weight excluding hydrogens is 524 g/mol. The van der Waals surface area contributed by atoms with Crippen LogP contribution in [0.15, 0.2) is 24.4 Å². The number of rotatable bonds is 7. The van der Waals surface area contributed by atoms with E-state index in [-0.39, 0.29) is 6.10 Å². The Hall–Kier alpha value is -3.10. The van der Waals surface area contributed by atoms with Crippen molar-refractivity contribution in [1.29, 1.82) is 0 Å². The summed E-state index contributed by atoms with van der Waals surface area (Å²) in [7, 11) is 2.16. The molecule has 3 fully saturated rings. The van der Waals surface area contributed by atoms with Crippen LogP contribution in [0.1, 0.15) is 57.4 Å². The van der Waals surface area contributed by atoms with Gasteiger partial charge >= 0.3 is 6.01 Å². The average molecular weight is 561 g/mol. The maximum absolute atomic E-state index is 7.22. The zero-order chi connectivity index (χ0) is 27.4. The van der Waals surface area contributed by atoms with Crippen molar-refractivity contribution in [3.63, 3.8) is 0 Å². The van der Waals surface area contributed by atoms with Crippen LogP contribution in [0.2, 0.25) is 5.02 Å². The highest BCUT2D eigenvalue weighted by Crippen LogP contribution is 2.49. The van der Waals surface area contributed by atoms with Crippen molar-refractivity contribution >= 4 is 39.2 Å². The molecule has 0 amide bonds. The molecule has 4 heterocycles. The van der Waals surface area contributed by atoms with Crippen molar-refractivity contribution in [2.24, 2.45) is 0 Å². The van der Waals surface area contributed by atoms with Crippen molar-refractivity contribution in [3.8, 4) is 22.9 Å². The fraction of sp³-hybridized carbons (Fsp3) is 0.516. The summed E-state index contributed by atoms with van der Waals surface area (Å²) in [5, 5.41) is 10.0. The summed E-state index contributed by atoms with van der Waals surface area (Å²) in [5.41, 5.74) is 4.72. The number of anilines is 1. The Bertz CT molecular complexity index is 1570. The lowest BCUT2D eigenvalue weighted by atomic mass is 9.94. The predicted octanol–water partition coefficient (Wildman–Crippen LogP) is 6.53. The lowest BCUT2D eigenvalue weighted by Crippen LogP contribution is -2.38. The number of likely N-dealkylation sites (N-methyl/N-ethyl adjacent to an activating group) is 1. The van der Waals surface area contributed by atoms with E-state index in [0.29, 0.717) is 29.7 Å². The fourth-order valence-corrected chi connectivity index (χ4v) is 6.67. The third kappa shape index (κ3) is 4.65. The molecule has 3 aliphatic rings. The molecule has 0 unspecified atom stereocenters. The Morgan fingerprint density at radius 1 is 1.02 bits per heavy atom. The summed E-state index contributed by atoms with van der Waals surface area (Å²) < 4.78 is 13.1. The SMILES string of the molecule is Cc1ccc2[nH]ncc2c1-c1c(Cl)cc2c(N3CCCC[C@H]3C)nc(OC[C@@H]3CCCN3C)nc2c1OC1CC1. The molecule has 4 aromatic rings. The van der Waals surface area contributed by atoms with Crippen LogP contribution in [-0.2, 0) is 0 Å². The first kappa shape index (κ1) is 25.8. The van der Waals surface area contributed by atoms with Gasteiger partial charge < -0.3 is 19.3 Å². The van der Waals surface area contributed by atoms with E-state index < -0.39 is 0 Å². The quantitative estimate of drug-likeness (QED) is 0.275. The molecule has 40 heavy (non-hydrogen) atoms. The molecule has 7 rings (SSSR count). The minimum absolute atomic E-state index is 0.160. The van der Waals surface area contributed by atoms with Crippen molar-refractivity contribution in [2.75, 3.05) is 31.6 Å². The molecule has 8 nitrogen and oxygen atoms in total. The standard InChI is InChI=1S/C31H37ClN6O2/c1-18-9-12-25-23(16-33-36-25)26(18)27-24(32)15-22-28(29(27)40-21-10-11-21)34-31(39-17-20-8-6-13-37(20)3)35-30(22)38-14-5-4-7-19(38)2/h9,12,15-16,19-21H,4-8,10-11,13-14,17H2,1-3H3,(H,33,36)/t19-,20+/m1/s1. The van der Waals surface area contributed by atoms with Crippen molar-refractivity contribution in [3.05, 3.63) is 35.0 Å². The summed E-state index contributed by atoms with van der Waals surface area (Å²) in [5.74, 6) is 1.61. The third-order valence-corrected chi connectivity index (χ3v) is 9.20. The number of likely N-dealkylation sites (tertiary alicyclic amines) is 1. The summed E-state index contributed by atoms with van der Waals surface area (Å²) >= 11 is 7.22. The number of aryl methyl sites for hydroxylation is 1. The number of hydrogen-bond donors (Lipinski definition) is 1. The average Bonchev–Trinajstić information content (AvgIpc) is 3.47. The molecule has 1 saturated carbocycles. The second kappa shape index (κ2) is 10.4. The first-order chi connectivity index (χ1) is 19.5. The van der Waals surface area contributed by atoms with Crippen LogP contribution in [0.25, 0.3) is 32.9 Å². The number of aromatic nitrogens is 4. The van der Waals surface area contributed by atoms with Gasteiger partial charge in [-0.05, 0) is 90.1 Å². The van der Waals surface area contributed by atoms with Gasteiger partial charge in [0.25, 0.3) is 0 Å². The molecule has 1 aliphatic carbocycles. The van der Waals surface area contributed by atoms with Gasteiger partial charge in [0, 0.05) is 40.5 Å². The maximum Gasteiger partial charge on any atom is 0.319 e. The van der Waals surface area contributed by atoms with Gasteiger partial charge in [0.15, 0.2) is 5.75 Å². The number of nitrogens with zero attached hydrogens (tertiary/aromatic N) is 5. The molecule has 2 atom stereocenters. The molecule has 0 bridgehead atoms. The van der Waals surface area contributed by atoms with E-state index in [1.807, 2.05) is 12.3 Å². The number of fused-ring (bicyclic) bond motifs is 2. The summed E-state index contributed by atoms with van der Waals surface area (Å²) in [6.07, 6.45) is 9.91. The van der Waals surface area contributed by atoms with Crippen molar-refractivity contribution in [1.82, 2.24) is 25.1 Å². The fourth-order valence-electron chi connectivity index (χ4n) is 6.38. The smallest absolute Gasteiger partial charge is 0.319 e. The predicted molar refractivity (Wildman–Crippen MR) is 160 cm³/mol. The van der Waals surface area contributed by atoms with E-state index >= 15 is 0 Å². The Balaban J connectivity index is 1.45. The van der Waals surface area contributed by atoms with E-state index in [9.17, 15) is 0 Å². The van der Waals surface area contributed by atoms with Gasteiger partial charge in [-0.1, -0.05) is 17.7 Å². The van der Waals surface area contributed by atoms with E-state index in [2.05, 4.69) is 53.0 Å². The first-order valence-electron chi connectivity index (χ1n) is 14.7. The summed E-state index contributed by atoms with van der Waals surface area (Å²) in [4.78, 5) is 14.9. The summed E-state index contributed by atoms with van der Waals surface area (Å²) in [6, 6.07) is 7.35. The highest BCUT2D eigenvalue weighted by molar-refractivity contribution is 6.35. The Kier molecular flexibility index (Phi) is 6.71. The van der Waals surface area contributed by atoms with Gasteiger partial charge in [-0.3, -0.25) is 5.10 Å². The van der Waals surface area contributed by atoms with Crippen LogP contribution in [0.4, 0.5) is 5.82 Å².